The summed E-state index contributed by atoms with van der Waals surface area (Å²) in [6.45, 7) is 0. The predicted octanol–water partition coefficient (Wildman–Crippen LogP) is 2.48. The highest BCUT2D eigenvalue weighted by molar-refractivity contribution is 6.00. The number of pyridine rings is 1. The molecule has 9 nitrogen and oxygen atoms in total. The first-order valence-corrected chi connectivity index (χ1v) is 8.62. The van der Waals surface area contributed by atoms with Gasteiger partial charge in [0.1, 0.15) is 5.69 Å². The number of rotatable bonds is 4. The van der Waals surface area contributed by atoms with Gasteiger partial charge in [0.2, 0.25) is 0 Å². The van der Waals surface area contributed by atoms with E-state index in [1.54, 1.807) is 30.3 Å². The number of aromatic amines is 1. The molecule has 0 aliphatic rings. The number of H-pyrrole nitrogens is 1. The zero-order valence-electron chi connectivity index (χ0n) is 15.1. The van der Waals surface area contributed by atoms with Crippen LogP contribution in [0.1, 0.15) is 11.1 Å². The Labute approximate surface area is 165 Å². The fourth-order valence-electron chi connectivity index (χ4n) is 2.94. The van der Waals surface area contributed by atoms with Crippen molar-refractivity contribution in [2.45, 2.75) is 0 Å². The summed E-state index contributed by atoms with van der Waals surface area (Å²) >= 11 is 0. The van der Waals surface area contributed by atoms with Crippen molar-refractivity contribution in [2.24, 2.45) is 21.8 Å². The van der Waals surface area contributed by atoms with Crippen LogP contribution in [0.15, 0.2) is 71.0 Å². The minimum absolute atomic E-state index is 0.0264. The summed E-state index contributed by atoms with van der Waals surface area (Å²) in [4.78, 5) is 12.5. The topological polar surface area (TPSA) is 159 Å². The zero-order valence-corrected chi connectivity index (χ0v) is 15.1. The van der Waals surface area contributed by atoms with Crippen molar-refractivity contribution in [2.75, 3.05) is 0 Å². The van der Waals surface area contributed by atoms with Gasteiger partial charge in [0.15, 0.2) is 17.5 Å². The van der Waals surface area contributed by atoms with Gasteiger partial charge in [-0.05, 0) is 30.3 Å². The molecule has 7 N–H and O–H groups in total. The van der Waals surface area contributed by atoms with Gasteiger partial charge in [-0.15, -0.1) is 0 Å². The Bertz CT molecular complexity index is 1240. The Kier molecular flexibility index (Phi) is 4.54. The number of benzene rings is 2. The average molecular weight is 387 g/mol. The standard InChI is InChI=1S/C20H17N7O2/c21-18(26-28)12-6-4-11(5-7-12)14-2-1-3-16(23-14)20-24-15-9-8-13(19(22)27-29)10-17(15)25-20/h1-10,28-29H,(H2,21,26)(H2,22,27)(H,24,25). The SMILES string of the molecule is N/C(=N\O)c1ccc(-c2cccc(-c3nc4ccc(/C(N)=N/O)cc4[nH]3)n2)cc1. The lowest BCUT2D eigenvalue weighted by molar-refractivity contribution is 0.318. The van der Waals surface area contributed by atoms with Crippen LogP contribution < -0.4 is 11.5 Å². The molecule has 2 aromatic carbocycles. The second-order valence-corrected chi connectivity index (χ2v) is 6.27. The monoisotopic (exact) mass is 387 g/mol. The van der Waals surface area contributed by atoms with Crippen LogP contribution in [0.5, 0.6) is 0 Å². The van der Waals surface area contributed by atoms with Gasteiger partial charge in [-0.1, -0.05) is 40.6 Å². The summed E-state index contributed by atoms with van der Waals surface area (Å²) in [5.41, 5.74) is 16.3. The summed E-state index contributed by atoms with van der Waals surface area (Å²) in [6, 6.07) is 18.1. The van der Waals surface area contributed by atoms with Crippen LogP contribution in [0.4, 0.5) is 0 Å². The van der Waals surface area contributed by atoms with E-state index in [4.69, 9.17) is 21.9 Å². The third kappa shape index (κ3) is 3.44. The molecule has 29 heavy (non-hydrogen) atoms. The van der Waals surface area contributed by atoms with Gasteiger partial charge < -0.3 is 26.9 Å². The molecule has 0 saturated carbocycles. The highest BCUT2D eigenvalue weighted by Gasteiger charge is 2.10. The molecule has 0 atom stereocenters. The fourth-order valence-corrected chi connectivity index (χ4v) is 2.94. The van der Waals surface area contributed by atoms with E-state index in [2.05, 4.69) is 25.3 Å². The van der Waals surface area contributed by atoms with E-state index >= 15 is 0 Å². The van der Waals surface area contributed by atoms with E-state index in [0.29, 0.717) is 22.6 Å². The van der Waals surface area contributed by atoms with Gasteiger partial charge in [-0.25, -0.2) is 9.97 Å². The summed E-state index contributed by atoms with van der Waals surface area (Å²) in [7, 11) is 0. The van der Waals surface area contributed by atoms with Crippen molar-refractivity contribution in [3.63, 3.8) is 0 Å². The van der Waals surface area contributed by atoms with Crippen LogP contribution in [-0.4, -0.2) is 37.0 Å². The van der Waals surface area contributed by atoms with Crippen LogP contribution in [0.2, 0.25) is 0 Å². The Morgan fingerprint density at radius 1 is 0.793 bits per heavy atom. The van der Waals surface area contributed by atoms with Gasteiger partial charge in [-0.3, -0.25) is 0 Å². The number of nitrogens with zero attached hydrogens (tertiary/aromatic N) is 4. The van der Waals surface area contributed by atoms with Gasteiger partial charge in [-0.2, -0.15) is 0 Å². The van der Waals surface area contributed by atoms with Crippen molar-refractivity contribution in [3.8, 4) is 22.8 Å². The molecule has 2 heterocycles. The van der Waals surface area contributed by atoms with E-state index in [9.17, 15) is 0 Å². The van der Waals surface area contributed by atoms with E-state index in [1.165, 1.54) is 0 Å². The molecule has 9 heteroatoms. The van der Waals surface area contributed by atoms with Crippen molar-refractivity contribution in [1.29, 1.82) is 0 Å². The number of oxime groups is 2. The zero-order chi connectivity index (χ0) is 20.4. The van der Waals surface area contributed by atoms with E-state index in [0.717, 1.165) is 22.3 Å². The molecule has 0 amide bonds. The molecule has 4 aromatic rings. The highest BCUT2D eigenvalue weighted by atomic mass is 16.4. The van der Waals surface area contributed by atoms with Crippen LogP contribution >= 0.6 is 0 Å². The van der Waals surface area contributed by atoms with E-state index < -0.39 is 0 Å². The number of fused-ring (bicyclic) bond motifs is 1. The summed E-state index contributed by atoms with van der Waals surface area (Å²) in [5.74, 6) is 0.678. The van der Waals surface area contributed by atoms with Crippen molar-refractivity contribution in [1.82, 2.24) is 15.0 Å². The number of hydrogen-bond donors (Lipinski definition) is 5. The fraction of sp³-hybridized carbons (Fsp3) is 0. The first-order valence-electron chi connectivity index (χ1n) is 8.62. The Morgan fingerprint density at radius 3 is 2.17 bits per heavy atom. The maximum absolute atomic E-state index is 8.85. The number of amidine groups is 2. The minimum atomic E-state index is 0.0264. The van der Waals surface area contributed by atoms with Crippen LogP contribution in [0.3, 0.4) is 0 Å². The summed E-state index contributed by atoms with van der Waals surface area (Å²) < 4.78 is 0. The molecule has 0 saturated heterocycles. The molecule has 0 aliphatic heterocycles. The maximum Gasteiger partial charge on any atom is 0.170 e. The Morgan fingerprint density at radius 2 is 1.45 bits per heavy atom. The maximum atomic E-state index is 8.85. The molecule has 2 aromatic heterocycles. The summed E-state index contributed by atoms with van der Waals surface area (Å²) in [6.07, 6.45) is 0. The number of nitrogens with one attached hydrogen (secondary N) is 1. The van der Waals surface area contributed by atoms with Crippen LogP contribution in [0.25, 0.3) is 33.8 Å². The molecular formula is C20H17N7O2. The molecule has 0 fully saturated rings. The van der Waals surface area contributed by atoms with E-state index in [1.807, 2.05) is 30.3 Å². The smallest absolute Gasteiger partial charge is 0.170 e. The third-order valence-electron chi connectivity index (χ3n) is 4.46. The normalized spacial score (nSPS) is 12.4. The number of nitrogens with two attached hydrogens (primary N) is 2. The lowest BCUT2D eigenvalue weighted by Crippen LogP contribution is -2.12. The average Bonchev–Trinajstić information content (AvgIpc) is 3.21. The Hall–Kier alpha value is -4.40. The molecular weight excluding hydrogens is 370 g/mol. The first-order chi connectivity index (χ1) is 14.1. The highest BCUT2D eigenvalue weighted by Crippen LogP contribution is 2.24. The molecule has 0 spiro atoms. The second kappa shape index (κ2) is 7.31. The lowest BCUT2D eigenvalue weighted by atomic mass is 10.1. The van der Waals surface area contributed by atoms with E-state index in [-0.39, 0.29) is 11.7 Å². The van der Waals surface area contributed by atoms with Crippen LogP contribution in [0, 0.1) is 0 Å². The van der Waals surface area contributed by atoms with Gasteiger partial charge in [0.05, 0.1) is 16.7 Å². The lowest BCUT2D eigenvalue weighted by Gasteiger charge is -2.04. The minimum Gasteiger partial charge on any atom is -0.409 e. The largest absolute Gasteiger partial charge is 0.409 e. The van der Waals surface area contributed by atoms with Crippen LogP contribution in [-0.2, 0) is 0 Å². The van der Waals surface area contributed by atoms with Crippen molar-refractivity contribution < 1.29 is 10.4 Å². The van der Waals surface area contributed by atoms with Gasteiger partial charge in [0.25, 0.3) is 0 Å². The molecule has 0 bridgehead atoms. The first kappa shape index (κ1) is 18.0. The van der Waals surface area contributed by atoms with Gasteiger partial charge >= 0.3 is 0 Å². The number of hydrogen-bond acceptors (Lipinski definition) is 6. The van der Waals surface area contributed by atoms with Crippen molar-refractivity contribution in [3.05, 3.63) is 71.8 Å². The number of imidazole rings is 1. The third-order valence-corrected chi connectivity index (χ3v) is 4.46. The quantitative estimate of drug-likeness (QED) is 0.157. The molecule has 144 valence electrons. The Balaban J connectivity index is 1.70. The van der Waals surface area contributed by atoms with Crippen molar-refractivity contribution >= 4 is 22.7 Å². The number of aromatic nitrogens is 3. The second-order valence-electron chi connectivity index (χ2n) is 6.27. The molecule has 4 rings (SSSR count). The molecule has 0 unspecified atom stereocenters. The summed E-state index contributed by atoms with van der Waals surface area (Å²) in [5, 5.41) is 23.6. The predicted molar refractivity (Wildman–Crippen MR) is 110 cm³/mol. The molecule has 0 aliphatic carbocycles. The van der Waals surface area contributed by atoms with Gasteiger partial charge in [0, 0.05) is 16.7 Å². The molecule has 0 radical (unpaired) electrons.